The highest BCUT2D eigenvalue weighted by atomic mass is 19.1. The number of nitro groups is 1. The standard InChI is InChI=1S/C17H9FN4O5/c18-10-6-4-9(5-7-10)15-19-13(27-20-15)8-21-16(23)11-2-1-3-12(22(25)26)14(11)17(21)24/h1-7H,8H2. The molecule has 0 bridgehead atoms. The fourth-order valence-corrected chi connectivity index (χ4v) is 2.78. The van der Waals surface area contributed by atoms with Crippen molar-refractivity contribution < 1.29 is 23.4 Å². The molecule has 2 amide bonds. The molecular formula is C17H9FN4O5. The lowest BCUT2D eigenvalue weighted by atomic mass is 10.1. The van der Waals surface area contributed by atoms with Crippen LogP contribution in [0.4, 0.5) is 10.1 Å². The van der Waals surface area contributed by atoms with Gasteiger partial charge in [-0.1, -0.05) is 11.2 Å². The molecule has 9 nitrogen and oxygen atoms in total. The SMILES string of the molecule is O=C1c2cccc([N+](=O)[O-])c2C(=O)N1Cc1nc(-c2ccc(F)cc2)no1. The van der Waals surface area contributed by atoms with Crippen molar-refractivity contribution in [2.45, 2.75) is 6.54 Å². The summed E-state index contributed by atoms with van der Waals surface area (Å²) in [5, 5.41) is 14.9. The molecule has 27 heavy (non-hydrogen) atoms. The van der Waals surface area contributed by atoms with Gasteiger partial charge in [-0.25, -0.2) is 4.39 Å². The summed E-state index contributed by atoms with van der Waals surface area (Å²) >= 11 is 0. The topological polar surface area (TPSA) is 119 Å². The number of nitrogens with zero attached hydrogens (tertiary/aromatic N) is 4. The number of hydrogen-bond acceptors (Lipinski definition) is 7. The van der Waals surface area contributed by atoms with Gasteiger partial charge in [-0.3, -0.25) is 24.6 Å². The first kappa shape index (κ1) is 16.5. The van der Waals surface area contributed by atoms with Gasteiger partial charge in [-0.15, -0.1) is 0 Å². The largest absolute Gasteiger partial charge is 0.337 e. The zero-order valence-corrected chi connectivity index (χ0v) is 13.5. The minimum atomic E-state index is -0.802. The Kier molecular flexibility index (Phi) is 3.73. The number of rotatable bonds is 4. The van der Waals surface area contributed by atoms with Gasteiger partial charge in [0.2, 0.25) is 11.7 Å². The van der Waals surface area contributed by atoms with E-state index < -0.39 is 28.2 Å². The molecule has 0 unspecified atom stereocenters. The van der Waals surface area contributed by atoms with E-state index in [1.807, 2.05) is 0 Å². The summed E-state index contributed by atoms with van der Waals surface area (Å²) < 4.78 is 18.0. The molecule has 2 aromatic carbocycles. The number of fused-ring (bicyclic) bond motifs is 1. The molecule has 0 radical (unpaired) electrons. The quantitative estimate of drug-likeness (QED) is 0.394. The molecule has 10 heteroatoms. The Balaban J connectivity index is 1.62. The molecule has 1 aliphatic rings. The van der Waals surface area contributed by atoms with E-state index in [1.54, 1.807) is 0 Å². The minimum Gasteiger partial charge on any atom is -0.337 e. The maximum atomic E-state index is 13.0. The van der Waals surface area contributed by atoms with Crippen molar-refractivity contribution in [1.82, 2.24) is 15.0 Å². The van der Waals surface area contributed by atoms with Gasteiger partial charge in [0.15, 0.2) is 0 Å². The molecule has 134 valence electrons. The maximum absolute atomic E-state index is 13.0. The fraction of sp³-hybridized carbons (Fsp3) is 0.0588. The molecule has 0 saturated carbocycles. The second-order valence-corrected chi connectivity index (χ2v) is 5.67. The second-order valence-electron chi connectivity index (χ2n) is 5.67. The van der Waals surface area contributed by atoms with Gasteiger partial charge in [-0.2, -0.15) is 4.98 Å². The summed E-state index contributed by atoms with van der Waals surface area (Å²) in [6, 6.07) is 9.21. The average molecular weight is 368 g/mol. The first-order valence-corrected chi connectivity index (χ1v) is 7.68. The van der Waals surface area contributed by atoms with Crippen molar-refractivity contribution in [3.63, 3.8) is 0 Å². The van der Waals surface area contributed by atoms with Crippen molar-refractivity contribution in [1.29, 1.82) is 0 Å². The molecule has 0 aliphatic carbocycles. The number of carbonyl (C=O) groups excluding carboxylic acids is 2. The highest BCUT2D eigenvalue weighted by Gasteiger charge is 2.41. The highest BCUT2D eigenvalue weighted by molar-refractivity contribution is 6.23. The van der Waals surface area contributed by atoms with Gasteiger partial charge in [0.05, 0.1) is 10.5 Å². The van der Waals surface area contributed by atoms with Gasteiger partial charge >= 0.3 is 0 Å². The van der Waals surface area contributed by atoms with E-state index in [0.29, 0.717) is 5.56 Å². The molecule has 2 heterocycles. The molecule has 0 N–H and O–H groups in total. The number of nitro benzene ring substituents is 1. The van der Waals surface area contributed by atoms with Crippen molar-refractivity contribution in [3.8, 4) is 11.4 Å². The Morgan fingerprint density at radius 3 is 2.56 bits per heavy atom. The highest BCUT2D eigenvalue weighted by Crippen LogP contribution is 2.31. The smallest absolute Gasteiger partial charge is 0.282 e. The van der Waals surface area contributed by atoms with E-state index in [4.69, 9.17) is 4.52 Å². The van der Waals surface area contributed by atoms with E-state index >= 15 is 0 Å². The summed E-state index contributed by atoms with van der Waals surface area (Å²) in [5.41, 5.74) is -0.256. The number of hydrogen-bond donors (Lipinski definition) is 0. The molecule has 3 aromatic rings. The lowest BCUT2D eigenvalue weighted by Crippen LogP contribution is -2.29. The fourth-order valence-electron chi connectivity index (χ4n) is 2.78. The van der Waals surface area contributed by atoms with Gasteiger partial charge in [0.25, 0.3) is 17.5 Å². The predicted molar refractivity (Wildman–Crippen MR) is 87.0 cm³/mol. The third-order valence-corrected chi connectivity index (χ3v) is 4.04. The van der Waals surface area contributed by atoms with Crippen molar-refractivity contribution in [3.05, 3.63) is 75.4 Å². The summed E-state index contributed by atoms with van der Waals surface area (Å²) in [6.45, 7) is -0.336. The predicted octanol–water partition coefficient (Wildman–Crippen LogP) is 2.58. The van der Waals surface area contributed by atoms with Gasteiger partial charge in [-0.05, 0) is 30.3 Å². The maximum Gasteiger partial charge on any atom is 0.282 e. The van der Waals surface area contributed by atoms with E-state index in [9.17, 15) is 24.1 Å². The molecule has 1 aliphatic heterocycles. The van der Waals surface area contributed by atoms with Crippen LogP contribution in [0.15, 0.2) is 47.0 Å². The van der Waals surface area contributed by atoms with Crippen LogP contribution in [0.2, 0.25) is 0 Å². The molecule has 0 spiro atoms. The number of carbonyl (C=O) groups is 2. The van der Waals surface area contributed by atoms with E-state index in [2.05, 4.69) is 10.1 Å². The normalized spacial score (nSPS) is 13.1. The van der Waals surface area contributed by atoms with Crippen LogP contribution in [0.3, 0.4) is 0 Å². The van der Waals surface area contributed by atoms with Crippen molar-refractivity contribution in [2.24, 2.45) is 0 Å². The van der Waals surface area contributed by atoms with Crippen molar-refractivity contribution >= 4 is 17.5 Å². The Morgan fingerprint density at radius 1 is 1.11 bits per heavy atom. The van der Waals surface area contributed by atoms with Crippen LogP contribution in [0.5, 0.6) is 0 Å². The third-order valence-electron chi connectivity index (χ3n) is 4.04. The van der Waals surface area contributed by atoms with Crippen LogP contribution in [-0.4, -0.2) is 31.8 Å². The summed E-state index contributed by atoms with van der Waals surface area (Å²) in [5.74, 6) is -1.78. The third kappa shape index (κ3) is 2.72. The van der Waals surface area contributed by atoms with E-state index in [-0.39, 0.29) is 29.4 Å². The molecule has 0 saturated heterocycles. The number of amides is 2. The molecule has 0 fully saturated rings. The van der Waals surface area contributed by atoms with Crippen LogP contribution in [-0.2, 0) is 6.54 Å². The van der Waals surface area contributed by atoms with Crippen molar-refractivity contribution in [2.75, 3.05) is 0 Å². The number of imide groups is 1. The Labute approximate surface area is 150 Å². The van der Waals surface area contributed by atoms with Crippen LogP contribution in [0, 0.1) is 15.9 Å². The molecule has 1 aromatic heterocycles. The van der Waals surface area contributed by atoms with E-state index in [1.165, 1.54) is 36.4 Å². The van der Waals surface area contributed by atoms with Crippen LogP contribution in [0.25, 0.3) is 11.4 Å². The lowest BCUT2D eigenvalue weighted by Gasteiger charge is -2.09. The first-order chi connectivity index (χ1) is 13.0. The van der Waals surface area contributed by atoms with Gasteiger partial charge in [0.1, 0.15) is 17.9 Å². The van der Waals surface area contributed by atoms with Gasteiger partial charge < -0.3 is 4.52 Å². The number of benzene rings is 2. The first-order valence-electron chi connectivity index (χ1n) is 7.68. The van der Waals surface area contributed by atoms with Crippen LogP contribution < -0.4 is 0 Å². The summed E-state index contributed by atoms with van der Waals surface area (Å²) in [7, 11) is 0. The molecular weight excluding hydrogens is 359 g/mol. The Morgan fingerprint density at radius 2 is 1.85 bits per heavy atom. The summed E-state index contributed by atoms with van der Waals surface area (Å²) in [6.07, 6.45) is 0. The Bertz CT molecular complexity index is 1090. The lowest BCUT2D eigenvalue weighted by molar-refractivity contribution is -0.385. The van der Waals surface area contributed by atoms with Gasteiger partial charge in [0, 0.05) is 11.6 Å². The number of halogens is 1. The average Bonchev–Trinajstić information content (AvgIpc) is 3.22. The minimum absolute atomic E-state index is 0.0357. The zero-order valence-electron chi connectivity index (χ0n) is 13.5. The van der Waals surface area contributed by atoms with Crippen LogP contribution in [0.1, 0.15) is 26.6 Å². The molecule has 0 atom stereocenters. The number of aromatic nitrogens is 2. The Hall–Kier alpha value is -3.95. The monoisotopic (exact) mass is 368 g/mol. The summed E-state index contributed by atoms with van der Waals surface area (Å²) in [4.78, 5) is 40.3. The van der Waals surface area contributed by atoms with E-state index in [0.717, 1.165) is 11.0 Å². The molecule has 4 rings (SSSR count). The zero-order chi connectivity index (χ0) is 19.1. The second kappa shape index (κ2) is 6.09. The van der Waals surface area contributed by atoms with Crippen LogP contribution >= 0.6 is 0 Å².